The molecule has 1 aromatic heterocycles. The zero-order valence-electron chi connectivity index (χ0n) is 8.08. The Labute approximate surface area is 95.4 Å². The highest BCUT2D eigenvalue weighted by Gasteiger charge is 2.13. The van der Waals surface area contributed by atoms with Crippen molar-refractivity contribution in [2.45, 2.75) is 6.42 Å². The van der Waals surface area contributed by atoms with Gasteiger partial charge >= 0.3 is 0 Å². The van der Waals surface area contributed by atoms with Gasteiger partial charge in [-0.15, -0.1) is 0 Å². The predicted molar refractivity (Wildman–Crippen MR) is 55.8 cm³/mol. The smallest absolute Gasteiger partial charge is 0.189 e. The highest BCUT2D eigenvalue weighted by atomic mass is 35.5. The van der Waals surface area contributed by atoms with E-state index in [2.05, 4.69) is 15.4 Å². The van der Waals surface area contributed by atoms with Crippen molar-refractivity contribution in [1.82, 2.24) is 15.4 Å². The van der Waals surface area contributed by atoms with Crippen molar-refractivity contribution in [3.8, 4) is 0 Å². The molecule has 1 aromatic carbocycles. The van der Waals surface area contributed by atoms with Gasteiger partial charge in [-0.25, -0.2) is 4.39 Å². The summed E-state index contributed by atoms with van der Waals surface area (Å²) in [6.45, 7) is 0. The van der Waals surface area contributed by atoms with Gasteiger partial charge in [0.05, 0.1) is 11.2 Å². The van der Waals surface area contributed by atoms with Crippen molar-refractivity contribution in [2.24, 2.45) is 0 Å². The summed E-state index contributed by atoms with van der Waals surface area (Å²) in [5, 5.41) is 9.46. The molecule has 0 spiro atoms. The average Bonchev–Trinajstić information content (AvgIpc) is 2.78. The van der Waals surface area contributed by atoms with Gasteiger partial charge in [0.1, 0.15) is 11.5 Å². The lowest BCUT2D eigenvalue weighted by Crippen LogP contribution is -2.06. The van der Waals surface area contributed by atoms with Crippen LogP contribution in [0.15, 0.2) is 24.4 Å². The minimum absolute atomic E-state index is 0.00505. The molecule has 0 fully saturated rings. The molecule has 0 aliphatic heterocycles. The van der Waals surface area contributed by atoms with E-state index in [4.69, 9.17) is 11.6 Å². The molecule has 0 atom stereocenters. The number of hydrogen-bond donors (Lipinski definition) is 1. The summed E-state index contributed by atoms with van der Waals surface area (Å²) < 4.78 is 13.5. The number of rotatable bonds is 3. The van der Waals surface area contributed by atoms with Crippen LogP contribution in [-0.2, 0) is 6.42 Å². The van der Waals surface area contributed by atoms with Crippen molar-refractivity contribution in [3.05, 3.63) is 46.5 Å². The zero-order chi connectivity index (χ0) is 11.5. The summed E-state index contributed by atoms with van der Waals surface area (Å²) in [6.07, 6.45) is 1.21. The van der Waals surface area contributed by atoms with Crippen LogP contribution in [0.25, 0.3) is 0 Å². The molecule has 82 valence electrons. The Morgan fingerprint density at radius 1 is 1.50 bits per heavy atom. The van der Waals surface area contributed by atoms with Gasteiger partial charge in [0.25, 0.3) is 0 Å². The van der Waals surface area contributed by atoms with E-state index in [0.29, 0.717) is 0 Å². The number of ketones is 1. The second kappa shape index (κ2) is 4.40. The number of carbonyl (C=O) groups excluding carboxylic acids is 1. The van der Waals surface area contributed by atoms with Crippen LogP contribution >= 0.6 is 11.6 Å². The fourth-order valence-electron chi connectivity index (χ4n) is 1.28. The first-order chi connectivity index (χ1) is 7.68. The van der Waals surface area contributed by atoms with Gasteiger partial charge in [-0.1, -0.05) is 23.7 Å². The molecule has 1 N–H and O–H groups in total. The molecule has 0 unspecified atom stereocenters. The first-order valence-electron chi connectivity index (χ1n) is 4.50. The first-order valence-corrected chi connectivity index (χ1v) is 4.88. The molecular weight excluding hydrogens is 233 g/mol. The SMILES string of the molecule is O=C(Cc1cccc(Cl)c1F)c1cn[nH]n1. The first kappa shape index (κ1) is 10.8. The molecule has 0 aliphatic carbocycles. The Morgan fingerprint density at radius 3 is 3.00 bits per heavy atom. The molecule has 0 saturated carbocycles. The third-order valence-electron chi connectivity index (χ3n) is 2.08. The lowest BCUT2D eigenvalue weighted by atomic mass is 10.1. The highest BCUT2D eigenvalue weighted by molar-refractivity contribution is 6.30. The number of nitrogens with zero attached hydrogens (tertiary/aromatic N) is 2. The maximum absolute atomic E-state index is 13.5. The van der Waals surface area contributed by atoms with Crippen molar-refractivity contribution in [3.63, 3.8) is 0 Å². The molecule has 4 nitrogen and oxygen atoms in total. The van der Waals surface area contributed by atoms with E-state index in [1.165, 1.54) is 18.3 Å². The molecule has 0 radical (unpaired) electrons. The van der Waals surface area contributed by atoms with E-state index in [-0.39, 0.29) is 28.5 Å². The maximum atomic E-state index is 13.5. The molecule has 6 heteroatoms. The molecule has 2 aromatic rings. The number of Topliss-reactive ketones (excluding diaryl/α,β-unsaturated/α-hetero) is 1. The van der Waals surface area contributed by atoms with Crippen LogP contribution in [0.1, 0.15) is 16.1 Å². The van der Waals surface area contributed by atoms with Gasteiger partial charge in [-0.3, -0.25) is 4.79 Å². The van der Waals surface area contributed by atoms with Crippen LogP contribution in [0.4, 0.5) is 4.39 Å². The van der Waals surface area contributed by atoms with E-state index < -0.39 is 5.82 Å². The van der Waals surface area contributed by atoms with Crippen molar-refractivity contribution in [2.75, 3.05) is 0 Å². The number of hydrogen-bond acceptors (Lipinski definition) is 3. The van der Waals surface area contributed by atoms with E-state index in [1.807, 2.05) is 0 Å². The van der Waals surface area contributed by atoms with Crippen molar-refractivity contribution in [1.29, 1.82) is 0 Å². The summed E-state index contributed by atoms with van der Waals surface area (Å²) in [5.41, 5.74) is 0.430. The summed E-state index contributed by atoms with van der Waals surface area (Å²) in [5.74, 6) is -0.879. The molecule has 0 saturated heterocycles. The van der Waals surface area contributed by atoms with Crippen molar-refractivity contribution < 1.29 is 9.18 Å². The van der Waals surface area contributed by atoms with Crippen LogP contribution in [0, 0.1) is 5.82 Å². The molecule has 0 bridgehead atoms. The van der Waals surface area contributed by atoms with Crippen LogP contribution in [0.5, 0.6) is 0 Å². The van der Waals surface area contributed by atoms with E-state index >= 15 is 0 Å². The number of halogens is 2. The van der Waals surface area contributed by atoms with Crippen molar-refractivity contribution >= 4 is 17.4 Å². The fourth-order valence-corrected chi connectivity index (χ4v) is 1.48. The van der Waals surface area contributed by atoms with Crippen LogP contribution in [0.3, 0.4) is 0 Å². The minimum atomic E-state index is -0.569. The Hall–Kier alpha value is -1.75. The van der Waals surface area contributed by atoms with Gasteiger partial charge < -0.3 is 0 Å². The molecular formula is C10H7ClFN3O. The lowest BCUT2D eigenvalue weighted by molar-refractivity contribution is 0.0987. The second-order valence-electron chi connectivity index (χ2n) is 3.17. The number of benzene rings is 1. The molecule has 2 rings (SSSR count). The third-order valence-corrected chi connectivity index (χ3v) is 2.38. The van der Waals surface area contributed by atoms with Gasteiger partial charge in [0.15, 0.2) is 5.78 Å². The lowest BCUT2D eigenvalue weighted by Gasteiger charge is -2.01. The third kappa shape index (κ3) is 2.09. The molecule has 0 aliphatic rings. The number of nitrogens with one attached hydrogen (secondary N) is 1. The fraction of sp³-hybridized carbons (Fsp3) is 0.100. The van der Waals surface area contributed by atoms with E-state index in [0.717, 1.165) is 0 Å². The topological polar surface area (TPSA) is 58.6 Å². The number of H-pyrrole nitrogens is 1. The summed E-state index contributed by atoms with van der Waals surface area (Å²) in [7, 11) is 0. The van der Waals surface area contributed by atoms with Gasteiger partial charge in [-0.2, -0.15) is 15.4 Å². The predicted octanol–water partition coefficient (Wildman–Crippen LogP) is 2.02. The Bertz CT molecular complexity index is 513. The maximum Gasteiger partial charge on any atom is 0.189 e. The molecule has 16 heavy (non-hydrogen) atoms. The monoisotopic (exact) mass is 239 g/mol. The van der Waals surface area contributed by atoms with Crippen LogP contribution in [-0.4, -0.2) is 21.2 Å². The van der Waals surface area contributed by atoms with E-state index in [1.54, 1.807) is 6.07 Å². The molecule has 1 heterocycles. The minimum Gasteiger partial charge on any atom is -0.292 e. The van der Waals surface area contributed by atoms with Gasteiger partial charge in [0, 0.05) is 6.42 Å². The quantitative estimate of drug-likeness (QED) is 0.834. The number of aromatic nitrogens is 3. The zero-order valence-corrected chi connectivity index (χ0v) is 8.83. The standard InChI is InChI=1S/C10H7ClFN3O/c11-7-3-1-2-6(10(7)12)4-9(16)8-5-13-15-14-8/h1-3,5H,4H2,(H,13,14,15). The Morgan fingerprint density at radius 2 is 2.31 bits per heavy atom. The van der Waals surface area contributed by atoms with Crippen LogP contribution in [0.2, 0.25) is 5.02 Å². The summed E-state index contributed by atoms with van der Waals surface area (Å²) >= 11 is 5.60. The average molecular weight is 240 g/mol. The molecule has 0 amide bonds. The van der Waals surface area contributed by atoms with Gasteiger partial charge in [0.2, 0.25) is 0 Å². The number of carbonyl (C=O) groups is 1. The second-order valence-corrected chi connectivity index (χ2v) is 3.58. The van der Waals surface area contributed by atoms with E-state index in [9.17, 15) is 9.18 Å². The van der Waals surface area contributed by atoms with Crippen LogP contribution < -0.4 is 0 Å². The van der Waals surface area contributed by atoms with Gasteiger partial charge in [-0.05, 0) is 11.6 Å². The largest absolute Gasteiger partial charge is 0.292 e. The highest BCUT2D eigenvalue weighted by Crippen LogP contribution is 2.18. The number of aromatic amines is 1. The normalized spacial score (nSPS) is 10.4. The Balaban J connectivity index is 2.22. The summed E-state index contributed by atoms with van der Waals surface area (Å²) in [6, 6.07) is 4.54. The Kier molecular flexibility index (Phi) is 2.96. The summed E-state index contributed by atoms with van der Waals surface area (Å²) in [4.78, 5) is 11.6.